The summed E-state index contributed by atoms with van der Waals surface area (Å²) < 4.78 is 1.95. The van der Waals surface area contributed by atoms with Crippen molar-refractivity contribution in [2.24, 2.45) is 11.8 Å². The number of imide groups is 1. The van der Waals surface area contributed by atoms with Crippen LogP contribution < -0.4 is 5.32 Å². The van der Waals surface area contributed by atoms with Gasteiger partial charge in [-0.2, -0.15) is 5.10 Å². The molecule has 7 nitrogen and oxygen atoms in total. The van der Waals surface area contributed by atoms with Crippen LogP contribution in [0.3, 0.4) is 0 Å². The Morgan fingerprint density at radius 1 is 1.06 bits per heavy atom. The maximum absolute atomic E-state index is 12.5. The van der Waals surface area contributed by atoms with Crippen LogP contribution in [0, 0.1) is 25.7 Å². The van der Waals surface area contributed by atoms with Gasteiger partial charge in [-0.15, -0.1) is 0 Å². The molecule has 2 fully saturated rings. The molecule has 1 aromatic carbocycles. The SMILES string of the molecule is Cc1nn(Cc2ccccc2)c(C)c1CNC(=O)CCN1C(=O)[C@H]2CCCC[C@H]2C1=O. The van der Waals surface area contributed by atoms with Crippen molar-refractivity contribution in [2.45, 2.75) is 59.0 Å². The number of carbonyl (C=O) groups is 3. The molecule has 0 spiro atoms. The fourth-order valence-electron chi connectivity index (χ4n) is 4.84. The monoisotopic (exact) mass is 422 g/mol. The molecule has 3 amide bonds. The van der Waals surface area contributed by atoms with Crippen LogP contribution in [0.25, 0.3) is 0 Å². The van der Waals surface area contributed by atoms with Gasteiger partial charge >= 0.3 is 0 Å². The van der Waals surface area contributed by atoms with Gasteiger partial charge in [0.25, 0.3) is 0 Å². The third kappa shape index (κ3) is 4.40. The Hall–Kier alpha value is -2.96. The maximum atomic E-state index is 12.5. The van der Waals surface area contributed by atoms with Gasteiger partial charge in [0.2, 0.25) is 17.7 Å². The lowest BCUT2D eigenvalue weighted by atomic mass is 9.81. The van der Waals surface area contributed by atoms with Crippen LogP contribution in [0.15, 0.2) is 30.3 Å². The van der Waals surface area contributed by atoms with Crippen molar-refractivity contribution in [1.82, 2.24) is 20.0 Å². The van der Waals surface area contributed by atoms with Gasteiger partial charge in [0.1, 0.15) is 0 Å². The smallest absolute Gasteiger partial charge is 0.233 e. The van der Waals surface area contributed by atoms with E-state index in [4.69, 9.17) is 0 Å². The minimum absolute atomic E-state index is 0.0867. The van der Waals surface area contributed by atoms with Crippen molar-refractivity contribution in [3.63, 3.8) is 0 Å². The molecule has 0 bridgehead atoms. The van der Waals surface area contributed by atoms with Gasteiger partial charge in [-0.25, -0.2) is 0 Å². The van der Waals surface area contributed by atoms with Gasteiger partial charge < -0.3 is 5.32 Å². The molecule has 1 aromatic heterocycles. The Kier molecular flexibility index (Phi) is 6.20. The third-order valence-electron chi connectivity index (χ3n) is 6.66. The molecular weight excluding hydrogens is 392 g/mol. The molecule has 1 aliphatic carbocycles. The second-order valence-electron chi connectivity index (χ2n) is 8.64. The molecule has 1 aliphatic heterocycles. The lowest BCUT2D eigenvalue weighted by Gasteiger charge is -2.19. The average Bonchev–Trinajstić information content (AvgIpc) is 3.18. The molecular formula is C24H30N4O3. The van der Waals surface area contributed by atoms with Crippen molar-refractivity contribution < 1.29 is 14.4 Å². The number of nitrogens with one attached hydrogen (secondary N) is 1. The Bertz CT molecular complexity index is 958. The van der Waals surface area contributed by atoms with Crippen molar-refractivity contribution >= 4 is 17.7 Å². The standard InChI is InChI=1S/C24H30N4O3/c1-16-21(17(2)28(26-16)15-18-8-4-3-5-9-18)14-25-22(29)12-13-27-23(30)19-10-6-7-11-20(19)24(27)31/h3-5,8-9,19-20H,6-7,10-15H2,1-2H3,(H,25,29)/t19-,20+. The number of aromatic nitrogens is 2. The van der Waals surface area contributed by atoms with E-state index in [-0.39, 0.29) is 42.5 Å². The van der Waals surface area contributed by atoms with Crippen molar-refractivity contribution in [2.75, 3.05) is 6.54 Å². The molecule has 1 saturated carbocycles. The summed E-state index contributed by atoms with van der Waals surface area (Å²) in [6.45, 7) is 5.19. The average molecular weight is 423 g/mol. The van der Waals surface area contributed by atoms with E-state index in [0.717, 1.165) is 42.6 Å². The van der Waals surface area contributed by atoms with E-state index in [0.29, 0.717) is 13.1 Å². The van der Waals surface area contributed by atoms with Crippen LogP contribution in [0.1, 0.15) is 54.6 Å². The number of benzene rings is 1. The van der Waals surface area contributed by atoms with Crippen molar-refractivity contribution in [3.8, 4) is 0 Å². The highest BCUT2D eigenvalue weighted by atomic mass is 16.2. The van der Waals surface area contributed by atoms with Crippen LogP contribution >= 0.6 is 0 Å². The zero-order chi connectivity index (χ0) is 22.0. The summed E-state index contributed by atoms with van der Waals surface area (Å²) in [7, 11) is 0. The van der Waals surface area contributed by atoms with E-state index < -0.39 is 0 Å². The van der Waals surface area contributed by atoms with Gasteiger partial charge in [0, 0.05) is 30.8 Å². The Labute approximate surface area is 182 Å². The van der Waals surface area contributed by atoms with Crippen LogP contribution in [0.4, 0.5) is 0 Å². The highest BCUT2D eigenvalue weighted by Crippen LogP contribution is 2.37. The van der Waals surface area contributed by atoms with Crippen LogP contribution in [0.2, 0.25) is 0 Å². The highest BCUT2D eigenvalue weighted by molar-refractivity contribution is 6.05. The molecule has 1 saturated heterocycles. The molecule has 0 unspecified atom stereocenters. The molecule has 0 radical (unpaired) electrons. The molecule has 2 heterocycles. The first-order valence-electron chi connectivity index (χ1n) is 11.1. The number of hydrogen-bond donors (Lipinski definition) is 1. The Morgan fingerprint density at radius 2 is 1.71 bits per heavy atom. The lowest BCUT2D eigenvalue weighted by molar-refractivity contribution is -0.140. The fraction of sp³-hybridized carbons (Fsp3) is 0.500. The Balaban J connectivity index is 1.31. The molecule has 164 valence electrons. The van der Waals surface area contributed by atoms with Gasteiger partial charge in [0.15, 0.2) is 0 Å². The molecule has 4 rings (SSSR count). The molecule has 7 heteroatoms. The second-order valence-corrected chi connectivity index (χ2v) is 8.64. The van der Waals surface area contributed by atoms with Gasteiger partial charge in [-0.1, -0.05) is 43.2 Å². The van der Waals surface area contributed by atoms with E-state index in [1.807, 2.05) is 36.7 Å². The zero-order valence-electron chi connectivity index (χ0n) is 18.3. The molecule has 31 heavy (non-hydrogen) atoms. The van der Waals surface area contributed by atoms with Gasteiger partial charge in [0.05, 0.1) is 24.1 Å². The first kappa shape index (κ1) is 21.3. The van der Waals surface area contributed by atoms with E-state index >= 15 is 0 Å². The predicted octanol–water partition coefficient (Wildman–Crippen LogP) is 2.73. The Morgan fingerprint density at radius 3 is 2.35 bits per heavy atom. The summed E-state index contributed by atoms with van der Waals surface area (Å²) >= 11 is 0. The van der Waals surface area contributed by atoms with Crippen LogP contribution in [-0.2, 0) is 27.5 Å². The summed E-state index contributed by atoms with van der Waals surface area (Å²) in [6, 6.07) is 10.1. The summed E-state index contributed by atoms with van der Waals surface area (Å²) in [4.78, 5) is 38.8. The number of fused-ring (bicyclic) bond motifs is 1. The number of carbonyl (C=O) groups excluding carboxylic acids is 3. The first-order chi connectivity index (χ1) is 15.0. The van der Waals surface area contributed by atoms with Crippen molar-refractivity contribution in [3.05, 3.63) is 52.8 Å². The summed E-state index contributed by atoms with van der Waals surface area (Å²) in [6.07, 6.45) is 3.73. The third-order valence-corrected chi connectivity index (χ3v) is 6.66. The quantitative estimate of drug-likeness (QED) is 0.696. The number of hydrogen-bond acceptors (Lipinski definition) is 4. The number of aryl methyl sites for hydroxylation is 1. The second kappa shape index (κ2) is 9.04. The highest BCUT2D eigenvalue weighted by Gasteiger charge is 2.47. The van der Waals surface area contributed by atoms with E-state index in [9.17, 15) is 14.4 Å². The number of amides is 3. The van der Waals surface area contributed by atoms with Crippen LogP contribution in [-0.4, -0.2) is 38.9 Å². The molecule has 2 atom stereocenters. The van der Waals surface area contributed by atoms with E-state index in [1.54, 1.807) is 0 Å². The van der Waals surface area contributed by atoms with Crippen molar-refractivity contribution in [1.29, 1.82) is 0 Å². The summed E-state index contributed by atoms with van der Waals surface area (Å²) in [5, 5.41) is 7.55. The minimum atomic E-state index is -0.162. The number of nitrogens with zero attached hydrogens (tertiary/aromatic N) is 3. The minimum Gasteiger partial charge on any atom is -0.352 e. The first-order valence-corrected chi connectivity index (χ1v) is 11.1. The number of rotatable bonds is 7. The molecule has 2 aliphatic rings. The fourth-order valence-corrected chi connectivity index (χ4v) is 4.84. The maximum Gasteiger partial charge on any atom is 0.233 e. The lowest BCUT2D eigenvalue weighted by Crippen LogP contribution is -2.35. The normalized spacial score (nSPS) is 20.8. The van der Waals surface area contributed by atoms with Gasteiger partial charge in [-0.3, -0.25) is 24.0 Å². The van der Waals surface area contributed by atoms with Crippen LogP contribution in [0.5, 0.6) is 0 Å². The number of likely N-dealkylation sites (tertiary alicyclic amines) is 1. The zero-order valence-corrected chi connectivity index (χ0v) is 18.3. The largest absolute Gasteiger partial charge is 0.352 e. The summed E-state index contributed by atoms with van der Waals surface area (Å²) in [5.41, 5.74) is 4.09. The summed E-state index contributed by atoms with van der Waals surface area (Å²) in [5.74, 6) is -0.659. The molecule has 1 N–H and O–H groups in total. The molecule has 2 aromatic rings. The van der Waals surface area contributed by atoms with Gasteiger partial charge in [-0.05, 0) is 32.3 Å². The predicted molar refractivity (Wildman–Crippen MR) is 116 cm³/mol. The topological polar surface area (TPSA) is 84.3 Å². The van der Waals surface area contributed by atoms with E-state index in [1.165, 1.54) is 10.5 Å². The van der Waals surface area contributed by atoms with E-state index in [2.05, 4.69) is 22.5 Å².